The molecule has 4 heteroatoms. The summed E-state index contributed by atoms with van der Waals surface area (Å²) in [6, 6.07) is 0. The average molecular weight is 326 g/mol. The van der Waals surface area contributed by atoms with Crippen molar-refractivity contribution >= 4 is 26.5 Å². The quantitative estimate of drug-likeness (QED) is 0.209. The number of nitrogens with one attached hydrogen (secondary N) is 1. The number of amides is 1. The Kier molecular flexibility index (Phi) is 5.75. The molecule has 0 aromatic heterocycles. The first-order valence-electron chi connectivity index (χ1n) is 1.81. The zero-order valence-corrected chi connectivity index (χ0v) is 8.19. The normalized spacial score (nSPS) is 8.86. The number of hydrogen-bond donors (Lipinski definition) is 1. The van der Waals surface area contributed by atoms with Crippen LogP contribution in [0.15, 0.2) is 0 Å². The van der Waals surface area contributed by atoms with Gasteiger partial charge in [0.05, 0.1) is 0 Å². The van der Waals surface area contributed by atoms with Gasteiger partial charge in [-0.25, -0.2) is 0 Å². The Balaban J connectivity index is 2.82. The minimum atomic E-state index is -0.0194. The molecule has 1 N–H and O–H groups in total. The Labute approximate surface area is 67.2 Å². The van der Waals surface area contributed by atoms with Crippen LogP contribution in [0.1, 0.15) is 6.92 Å². The zero-order chi connectivity index (χ0) is 5.70. The van der Waals surface area contributed by atoms with Crippen molar-refractivity contribution in [2.75, 3.05) is 4.43 Å². The van der Waals surface area contributed by atoms with Crippen molar-refractivity contribution in [2.24, 2.45) is 0 Å². The first-order chi connectivity index (χ1) is 3.27. The molecule has 0 spiro atoms. The maximum atomic E-state index is 10.1. The van der Waals surface area contributed by atoms with Gasteiger partial charge >= 0.3 is 67.7 Å². The Bertz CT molecular complexity index is 66.0. The van der Waals surface area contributed by atoms with E-state index in [9.17, 15) is 4.79 Å². The summed E-state index contributed by atoms with van der Waals surface area (Å²) in [5.74, 6) is 0. The molecule has 0 saturated heterocycles. The molecule has 0 aromatic rings. The molecule has 0 heterocycles. The second kappa shape index (κ2) is 5.07. The minimum absolute atomic E-state index is 0.0194. The Morgan fingerprint density at radius 2 is 2.57 bits per heavy atom. The molecule has 0 aromatic carbocycles. The molecular formula is C3H6I2NO-. The first-order valence-corrected chi connectivity index (χ1v) is 5.49. The van der Waals surface area contributed by atoms with E-state index in [1.807, 2.05) is 0 Å². The van der Waals surface area contributed by atoms with Crippen LogP contribution >= 0.6 is 22.6 Å². The molecule has 0 aliphatic carbocycles. The molecule has 0 saturated carbocycles. The fourth-order valence-corrected chi connectivity index (χ4v) is 1.77. The van der Waals surface area contributed by atoms with Gasteiger partial charge in [0.25, 0.3) is 0 Å². The van der Waals surface area contributed by atoms with Gasteiger partial charge in [-0.05, 0) is 0 Å². The molecule has 0 aliphatic rings. The molecule has 1 amide bonds. The van der Waals surface area contributed by atoms with Gasteiger partial charge in [0.2, 0.25) is 0 Å². The summed E-state index contributed by atoms with van der Waals surface area (Å²) in [4.78, 5) is 10.1. The van der Waals surface area contributed by atoms with Crippen molar-refractivity contribution in [3.8, 4) is 0 Å². The summed E-state index contributed by atoms with van der Waals surface area (Å²) >= 11 is 1.72. The molecule has 44 valence electrons. The summed E-state index contributed by atoms with van der Waals surface area (Å²) < 4.78 is 3.95. The van der Waals surface area contributed by atoms with Crippen LogP contribution in [-0.2, 0) is 0 Å². The molecule has 0 aliphatic heterocycles. The zero-order valence-electron chi connectivity index (χ0n) is 3.87. The van der Waals surface area contributed by atoms with E-state index < -0.39 is 0 Å². The molecule has 0 atom stereocenters. The van der Waals surface area contributed by atoms with Crippen molar-refractivity contribution in [1.29, 1.82) is 0 Å². The Hall–Kier alpha value is 0.930. The van der Waals surface area contributed by atoms with Gasteiger partial charge in [0.15, 0.2) is 0 Å². The predicted molar refractivity (Wildman–Crippen MR) is 33.1 cm³/mol. The van der Waals surface area contributed by atoms with Gasteiger partial charge in [0.1, 0.15) is 0 Å². The number of rotatable bonds is 2. The molecule has 7 heavy (non-hydrogen) atoms. The van der Waals surface area contributed by atoms with E-state index in [-0.39, 0.29) is 25.4 Å². The van der Waals surface area contributed by atoms with Gasteiger partial charge in [-0.2, -0.15) is 0 Å². The predicted octanol–water partition coefficient (Wildman–Crippen LogP) is -1.85. The van der Waals surface area contributed by atoms with Gasteiger partial charge in [-0.3, -0.25) is 0 Å². The van der Waals surface area contributed by atoms with Gasteiger partial charge in [-0.15, -0.1) is 0 Å². The van der Waals surface area contributed by atoms with E-state index >= 15 is 0 Å². The van der Waals surface area contributed by atoms with Crippen LogP contribution in [0.4, 0.5) is 4.79 Å². The standard InChI is InChI=1S/C3H6I2NO/c1-2-5-6-3(4)7/h2H2,1H3,(H,6,7)/q-1. The number of carbonyl (C=O) groups excluding carboxylic acids is 1. The number of hydrogen-bond acceptors (Lipinski definition) is 1. The number of carbonyl (C=O) groups is 1. The monoisotopic (exact) mass is 326 g/mol. The molecular weight excluding hydrogens is 320 g/mol. The Morgan fingerprint density at radius 3 is 2.71 bits per heavy atom. The van der Waals surface area contributed by atoms with E-state index in [2.05, 4.69) is 10.5 Å². The summed E-state index contributed by atoms with van der Waals surface area (Å²) in [5.41, 5.74) is 0. The van der Waals surface area contributed by atoms with Crippen LogP contribution < -0.4 is 25.0 Å². The third-order valence-electron chi connectivity index (χ3n) is 0.275. The topological polar surface area (TPSA) is 29.1 Å². The molecule has 0 unspecified atom stereocenters. The van der Waals surface area contributed by atoms with Crippen LogP contribution in [0.2, 0.25) is 0 Å². The van der Waals surface area contributed by atoms with Gasteiger partial charge in [0, 0.05) is 0 Å². The van der Waals surface area contributed by atoms with Crippen LogP contribution in [0.25, 0.3) is 0 Å². The molecule has 0 rings (SSSR count). The fraction of sp³-hybridized carbons (Fsp3) is 0.667. The summed E-state index contributed by atoms with van der Waals surface area (Å²) in [6.45, 7) is 2.07. The van der Waals surface area contributed by atoms with Crippen LogP contribution in [-0.4, -0.2) is 8.34 Å². The molecule has 0 fully saturated rings. The number of halogens is 2. The van der Waals surface area contributed by atoms with Crippen molar-refractivity contribution in [1.82, 2.24) is 3.53 Å². The van der Waals surface area contributed by atoms with Crippen LogP contribution in [0.3, 0.4) is 0 Å². The maximum absolute atomic E-state index is 10.1. The SMILES string of the molecule is CC[I-]NC(=O)I. The molecule has 2 nitrogen and oxygen atoms in total. The third kappa shape index (κ3) is 6.93. The second-order valence-electron chi connectivity index (χ2n) is 0.769. The van der Waals surface area contributed by atoms with Crippen LogP contribution in [0, 0.1) is 0 Å². The van der Waals surface area contributed by atoms with E-state index in [1.54, 1.807) is 22.6 Å². The Morgan fingerprint density at radius 1 is 2.00 bits per heavy atom. The van der Waals surface area contributed by atoms with E-state index in [1.165, 1.54) is 0 Å². The van der Waals surface area contributed by atoms with Crippen LogP contribution in [0.5, 0.6) is 0 Å². The summed E-state index contributed by atoms with van der Waals surface area (Å²) in [6.07, 6.45) is 0. The fourth-order valence-electron chi connectivity index (χ4n) is 0.119. The third-order valence-corrected chi connectivity index (χ3v) is 3.21. The number of alkyl halides is 1. The van der Waals surface area contributed by atoms with Crippen molar-refractivity contribution in [2.45, 2.75) is 6.92 Å². The summed E-state index contributed by atoms with van der Waals surface area (Å²) in [7, 11) is 0. The van der Waals surface area contributed by atoms with E-state index in [4.69, 9.17) is 0 Å². The first kappa shape index (κ1) is 7.93. The van der Waals surface area contributed by atoms with Crippen molar-refractivity contribution in [3.63, 3.8) is 0 Å². The average Bonchev–Trinajstić information content (AvgIpc) is 1.61. The molecule has 0 bridgehead atoms. The van der Waals surface area contributed by atoms with Crippen molar-refractivity contribution in [3.05, 3.63) is 0 Å². The van der Waals surface area contributed by atoms with Crippen molar-refractivity contribution < 1.29 is 26.3 Å². The second-order valence-corrected chi connectivity index (χ2v) is 4.58. The van der Waals surface area contributed by atoms with Gasteiger partial charge < -0.3 is 0 Å². The van der Waals surface area contributed by atoms with E-state index in [0.29, 0.717) is 0 Å². The van der Waals surface area contributed by atoms with E-state index in [0.717, 1.165) is 4.43 Å². The summed E-state index contributed by atoms with van der Waals surface area (Å²) in [5, 5.41) is 0. The van der Waals surface area contributed by atoms with Gasteiger partial charge in [-0.1, -0.05) is 0 Å². The molecule has 0 radical (unpaired) electrons.